The van der Waals surface area contributed by atoms with Gasteiger partial charge in [0.2, 0.25) is 0 Å². The minimum atomic E-state index is -1.13. The number of hydrogen-bond donors (Lipinski definition) is 2. The van der Waals surface area contributed by atoms with Gasteiger partial charge in [0, 0.05) is 6.54 Å². The van der Waals surface area contributed by atoms with E-state index < -0.39 is 5.97 Å². The van der Waals surface area contributed by atoms with Gasteiger partial charge < -0.3 is 10.4 Å². The van der Waals surface area contributed by atoms with Crippen LogP contribution in [0.1, 0.15) is 41.2 Å². The van der Waals surface area contributed by atoms with E-state index in [-0.39, 0.29) is 17.3 Å². The summed E-state index contributed by atoms with van der Waals surface area (Å²) in [4.78, 5) is 26.3. The number of hydrogen-bond acceptors (Lipinski definition) is 3. The summed E-state index contributed by atoms with van der Waals surface area (Å²) in [5, 5.41) is 11.6. The molecule has 1 fully saturated rings. The second-order valence-corrected chi connectivity index (χ2v) is 5.31. The predicted octanol–water partition coefficient (Wildman–Crippen LogP) is 1.56. The Labute approximate surface area is 105 Å². The van der Waals surface area contributed by atoms with Crippen LogP contribution in [0.3, 0.4) is 0 Å². The quantitative estimate of drug-likeness (QED) is 0.847. The number of pyridine rings is 1. The van der Waals surface area contributed by atoms with Crippen LogP contribution >= 0.6 is 0 Å². The van der Waals surface area contributed by atoms with E-state index in [1.165, 1.54) is 18.2 Å². The van der Waals surface area contributed by atoms with Gasteiger partial charge in [0.15, 0.2) is 0 Å². The summed E-state index contributed by atoms with van der Waals surface area (Å²) < 4.78 is 0. The average molecular weight is 248 g/mol. The number of aromatic carboxylic acids is 1. The van der Waals surface area contributed by atoms with Gasteiger partial charge in [-0.15, -0.1) is 0 Å². The lowest BCUT2D eigenvalue weighted by Gasteiger charge is -2.06. The maximum atomic E-state index is 11.8. The Kier molecular flexibility index (Phi) is 3.07. The molecule has 0 aromatic carbocycles. The fourth-order valence-corrected chi connectivity index (χ4v) is 1.91. The van der Waals surface area contributed by atoms with Crippen LogP contribution in [-0.4, -0.2) is 28.5 Å². The minimum absolute atomic E-state index is 0.116. The van der Waals surface area contributed by atoms with Crippen molar-refractivity contribution in [3.05, 3.63) is 29.6 Å². The first kappa shape index (κ1) is 12.5. The normalized spacial score (nSPS) is 20.2. The Morgan fingerprint density at radius 2 is 2.06 bits per heavy atom. The van der Waals surface area contributed by atoms with Crippen molar-refractivity contribution in [1.29, 1.82) is 0 Å². The molecule has 96 valence electrons. The van der Waals surface area contributed by atoms with Crippen molar-refractivity contribution in [1.82, 2.24) is 10.3 Å². The van der Waals surface area contributed by atoms with Crippen molar-refractivity contribution in [3.8, 4) is 0 Å². The van der Waals surface area contributed by atoms with E-state index in [1.54, 1.807) is 0 Å². The molecular weight excluding hydrogens is 232 g/mol. The molecule has 1 aliphatic carbocycles. The molecule has 1 atom stereocenters. The molecule has 18 heavy (non-hydrogen) atoms. The van der Waals surface area contributed by atoms with Crippen molar-refractivity contribution in [2.24, 2.45) is 11.3 Å². The predicted molar refractivity (Wildman–Crippen MR) is 65.4 cm³/mol. The lowest BCUT2D eigenvalue weighted by atomic mass is 10.1. The van der Waals surface area contributed by atoms with E-state index in [0.29, 0.717) is 17.9 Å². The first-order valence-electron chi connectivity index (χ1n) is 5.89. The molecule has 0 radical (unpaired) electrons. The van der Waals surface area contributed by atoms with Gasteiger partial charge >= 0.3 is 5.97 Å². The molecule has 0 spiro atoms. The van der Waals surface area contributed by atoms with Crippen molar-refractivity contribution in [3.63, 3.8) is 0 Å². The summed E-state index contributed by atoms with van der Waals surface area (Å²) in [6, 6.07) is 4.40. The molecule has 1 saturated carbocycles. The van der Waals surface area contributed by atoms with Crippen LogP contribution in [0.2, 0.25) is 0 Å². The van der Waals surface area contributed by atoms with Crippen LogP contribution in [0, 0.1) is 11.3 Å². The Morgan fingerprint density at radius 3 is 2.61 bits per heavy atom. The summed E-state index contributed by atoms with van der Waals surface area (Å²) in [7, 11) is 0. The molecule has 2 rings (SSSR count). The van der Waals surface area contributed by atoms with Gasteiger partial charge in [0.1, 0.15) is 11.4 Å². The molecule has 1 heterocycles. The summed E-state index contributed by atoms with van der Waals surface area (Å²) in [6.45, 7) is 4.94. The van der Waals surface area contributed by atoms with Gasteiger partial charge in [0.25, 0.3) is 5.91 Å². The van der Waals surface area contributed by atoms with Gasteiger partial charge in [-0.1, -0.05) is 19.9 Å². The molecule has 2 N–H and O–H groups in total. The highest BCUT2D eigenvalue weighted by Gasteiger charge is 2.45. The highest BCUT2D eigenvalue weighted by atomic mass is 16.4. The number of aromatic nitrogens is 1. The van der Waals surface area contributed by atoms with Crippen LogP contribution in [0.25, 0.3) is 0 Å². The highest BCUT2D eigenvalue weighted by molar-refractivity contribution is 5.94. The van der Waals surface area contributed by atoms with Crippen molar-refractivity contribution >= 4 is 11.9 Å². The molecular formula is C13H16N2O3. The average Bonchev–Trinajstić information content (AvgIpc) is 2.94. The number of nitrogens with one attached hydrogen (secondary N) is 1. The van der Waals surface area contributed by atoms with E-state index in [1.807, 2.05) is 0 Å². The smallest absolute Gasteiger partial charge is 0.354 e. The van der Waals surface area contributed by atoms with Crippen LogP contribution in [0.4, 0.5) is 0 Å². The zero-order valence-electron chi connectivity index (χ0n) is 10.4. The molecule has 5 heteroatoms. The fraction of sp³-hybridized carbons (Fsp3) is 0.462. The van der Waals surface area contributed by atoms with Crippen molar-refractivity contribution in [2.45, 2.75) is 20.3 Å². The minimum Gasteiger partial charge on any atom is -0.477 e. The summed E-state index contributed by atoms with van der Waals surface area (Å²) in [6.07, 6.45) is 1.11. The molecule has 0 bridgehead atoms. The second-order valence-electron chi connectivity index (χ2n) is 5.31. The fourth-order valence-electron chi connectivity index (χ4n) is 1.91. The first-order chi connectivity index (χ1) is 8.40. The van der Waals surface area contributed by atoms with Crippen LogP contribution < -0.4 is 5.32 Å². The number of nitrogens with zero attached hydrogens (tertiary/aromatic N) is 1. The van der Waals surface area contributed by atoms with E-state index >= 15 is 0 Å². The summed E-state index contributed by atoms with van der Waals surface area (Å²) in [5.41, 5.74) is 0.339. The maximum absolute atomic E-state index is 11.8. The van der Waals surface area contributed by atoms with Gasteiger partial charge in [0.05, 0.1) is 0 Å². The van der Waals surface area contributed by atoms with Crippen LogP contribution in [0.15, 0.2) is 18.2 Å². The maximum Gasteiger partial charge on any atom is 0.354 e. The Bertz CT molecular complexity index is 497. The van der Waals surface area contributed by atoms with Crippen molar-refractivity contribution in [2.75, 3.05) is 6.54 Å². The third-order valence-electron chi connectivity index (χ3n) is 3.43. The monoisotopic (exact) mass is 248 g/mol. The highest BCUT2D eigenvalue weighted by Crippen LogP contribution is 2.50. The van der Waals surface area contributed by atoms with E-state index in [0.717, 1.165) is 6.42 Å². The van der Waals surface area contributed by atoms with Gasteiger partial charge in [-0.05, 0) is 29.9 Å². The molecule has 0 saturated heterocycles. The van der Waals surface area contributed by atoms with Crippen LogP contribution in [-0.2, 0) is 0 Å². The third-order valence-corrected chi connectivity index (χ3v) is 3.43. The lowest BCUT2D eigenvalue weighted by Crippen LogP contribution is -2.27. The second kappa shape index (κ2) is 4.40. The standard InChI is InChI=1S/C13H16N2O3/c1-13(2)6-8(13)7-14-11(16)9-4-3-5-10(15-9)12(17)18/h3-5,8H,6-7H2,1-2H3,(H,14,16)(H,17,18). The Morgan fingerprint density at radius 1 is 1.44 bits per heavy atom. The van der Waals surface area contributed by atoms with E-state index in [9.17, 15) is 9.59 Å². The number of carboxylic acids is 1. The largest absolute Gasteiger partial charge is 0.477 e. The van der Waals surface area contributed by atoms with Gasteiger partial charge in [-0.2, -0.15) is 0 Å². The summed E-state index contributed by atoms with van der Waals surface area (Å²) in [5.74, 6) is -0.946. The topological polar surface area (TPSA) is 79.3 Å². The van der Waals surface area contributed by atoms with Gasteiger partial charge in [-0.25, -0.2) is 9.78 Å². The zero-order chi connectivity index (χ0) is 13.3. The van der Waals surface area contributed by atoms with Crippen molar-refractivity contribution < 1.29 is 14.7 Å². The molecule has 1 aromatic heterocycles. The number of carbonyl (C=O) groups is 2. The van der Waals surface area contributed by atoms with E-state index in [4.69, 9.17) is 5.11 Å². The Balaban J connectivity index is 1.96. The van der Waals surface area contributed by atoms with E-state index in [2.05, 4.69) is 24.1 Å². The lowest BCUT2D eigenvalue weighted by molar-refractivity contribution is 0.0690. The molecule has 5 nitrogen and oxygen atoms in total. The van der Waals surface area contributed by atoms with Crippen LogP contribution in [0.5, 0.6) is 0 Å². The first-order valence-corrected chi connectivity index (χ1v) is 5.89. The SMILES string of the molecule is CC1(C)CC1CNC(=O)c1cccc(C(=O)O)n1. The molecule has 1 amide bonds. The molecule has 1 aliphatic rings. The molecule has 1 aromatic rings. The molecule has 0 aliphatic heterocycles. The number of amides is 1. The van der Waals surface area contributed by atoms with Gasteiger partial charge in [-0.3, -0.25) is 4.79 Å². The number of carboxylic acid groups (broad SMARTS) is 1. The molecule has 1 unspecified atom stereocenters. The number of rotatable bonds is 4. The zero-order valence-corrected chi connectivity index (χ0v) is 10.4. The Hall–Kier alpha value is -1.91. The number of carbonyl (C=O) groups excluding carboxylic acids is 1. The third kappa shape index (κ3) is 2.67. The summed E-state index contributed by atoms with van der Waals surface area (Å²) >= 11 is 0.